The quantitative estimate of drug-likeness (QED) is 0.0591. The number of hydrogen-bond acceptors (Lipinski definition) is 7. The van der Waals surface area contributed by atoms with Gasteiger partial charge in [-0.2, -0.15) is 0 Å². The Kier molecular flexibility index (Phi) is 12.1. The highest BCUT2D eigenvalue weighted by molar-refractivity contribution is 6.34. The molecule has 0 saturated carbocycles. The molecule has 8 bridgehead atoms. The Morgan fingerprint density at radius 1 is 0.982 bits per heavy atom. The Labute approximate surface area is 329 Å². The van der Waals surface area contributed by atoms with Crippen molar-refractivity contribution in [2.75, 3.05) is 13.7 Å². The molecule has 3 aromatic rings. The van der Waals surface area contributed by atoms with Gasteiger partial charge in [-0.1, -0.05) is 58.8 Å². The number of esters is 2. The lowest BCUT2D eigenvalue weighted by Crippen LogP contribution is -2.31. The second-order valence-corrected chi connectivity index (χ2v) is 15.7. The number of rotatable bonds is 14. The normalized spacial score (nSPS) is 21.4. The Balaban J connectivity index is 1.44. The monoisotopic (exact) mass is 760 g/mol. The summed E-state index contributed by atoms with van der Waals surface area (Å²) < 4.78 is 10.9. The first-order valence-corrected chi connectivity index (χ1v) is 20.0. The predicted molar refractivity (Wildman–Crippen MR) is 221 cm³/mol. The van der Waals surface area contributed by atoms with Gasteiger partial charge in [-0.3, -0.25) is 14.4 Å². The molecule has 4 N–H and O–H groups in total. The molecule has 0 spiro atoms. The van der Waals surface area contributed by atoms with E-state index in [1.807, 2.05) is 39.0 Å². The molecule has 0 radical (unpaired) electrons. The maximum absolute atomic E-state index is 14.3. The Hall–Kier alpha value is -5.38. The summed E-state index contributed by atoms with van der Waals surface area (Å²) in [5.74, 6) is -1.00. The number of H-pyrrole nitrogens is 3. The first-order chi connectivity index (χ1) is 26.9. The molecular weight excluding hydrogens is 705 g/mol. The third-order valence-electron chi connectivity index (χ3n) is 12.3. The number of Topliss-reactive ketones (excluding diaryl/α,β-unsaturated/α-hetero) is 1. The number of allylic oxidation sites excluding steroid dienone is 2. The van der Waals surface area contributed by atoms with Gasteiger partial charge in [0.05, 0.1) is 29.8 Å². The summed E-state index contributed by atoms with van der Waals surface area (Å²) in [5.41, 5.74) is 9.90. The molecule has 56 heavy (non-hydrogen) atoms. The fourth-order valence-electron chi connectivity index (χ4n) is 8.68. The van der Waals surface area contributed by atoms with Gasteiger partial charge in [-0.15, -0.1) is 0 Å². The molecule has 0 amide bonds. The van der Waals surface area contributed by atoms with Crippen molar-refractivity contribution in [1.82, 2.24) is 20.3 Å². The molecule has 1 unspecified atom stereocenters. The van der Waals surface area contributed by atoms with Crippen LogP contribution in [0.15, 0.2) is 29.5 Å². The molecule has 10 nitrogen and oxygen atoms in total. The molecule has 4 atom stereocenters. The first-order valence-electron chi connectivity index (χ1n) is 20.0. The van der Waals surface area contributed by atoms with Gasteiger partial charge in [0.25, 0.3) is 0 Å². The average molecular weight is 761 g/mol. The number of carbonyl (C=O) groups is 4. The third kappa shape index (κ3) is 7.45. The van der Waals surface area contributed by atoms with E-state index in [1.54, 1.807) is 6.08 Å². The van der Waals surface area contributed by atoms with E-state index in [9.17, 15) is 19.2 Å². The number of fused-ring (bicyclic) bond motifs is 8. The summed E-state index contributed by atoms with van der Waals surface area (Å²) in [6.45, 7) is 18.9. The minimum Gasteiger partial charge on any atom is -0.465 e. The van der Waals surface area contributed by atoms with Gasteiger partial charge in [0, 0.05) is 57.2 Å². The fraction of sp³-hybridized carbons (Fsp3) is 0.435. The molecule has 296 valence electrons. The topological polar surface area (TPSA) is 146 Å². The van der Waals surface area contributed by atoms with Crippen LogP contribution in [0.25, 0.3) is 29.9 Å². The van der Waals surface area contributed by atoms with E-state index in [1.165, 1.54) is 25.5 Å². The van der Waals surface area contributed by atoms with Crippen LogP contribution < -0.4 is 16.0 Å². The van der Waals surface area contributed by atoms with Crippen molar-refractivity contribution in [1.29, 1.82) is 0 Å². The van der Waals surface area contributed by atoms with Crippen LogP contribution in [-0.4, -0.2) is 58.7 Å². The second-order valence-electron chi connectivity index (χ2n) is 15.7. The van der Waals surface area contributed by atoms with Crippen LogP contribution in [0, 0.1) is 31.6 Å². The Morgan fingerprint density at radius 2 is 1.71 bits per heavy atom. The van der Waals surface area contributed by atoms with E-state index in [2.05, 4.69) is 60.6 Å². The molecule has 0 aromatic carbocycles. The van der Waals surface area contributed by atoms with Crippen molar-refractivity contribution in [2.45, 2.75) is 99.5 Å². The largest absolute Gasteiger partial charge is 0.465 e. The standard InChI is InChI=1S/C46H56N4O6/c1-10-24(4)14-13-15-25(5)18-19-56-39(52)17-16-31-27(7)34-20-33-26(6)29(11-2)36(47-33)22-38-32(23-51)30(12-3)37(48-38)21-35-28(8)40-44(50-35)41(43(31)49-34)42(45(40)53)46(54)55-9/h11,18,20-24,27,31,43,47-50H,2,10,12-17,19H2,1,3-9H3/b25-18+,34-20-,37-21-,38-22-/t24-,27+,31+,43?/m1/s1. The lowest BCUT2D eigenvalue weighted by atomic mass is 9.82. The van der Waals surface area contributed by atoms with Gasteiger partial charge in [0.1, 0.15) is 12.2 Å². The second kappa shape index (κ2) is 16.8. The zero-order valence-corrected chi connectivity index (χ0v) is 34.1. The van der Waals surface area contributed by atoms with Gasteiger partial charge in [-0.25, -0.2) is 4.79 Å². The van der Waals surface area contributed by atoms with Gasteiger partial charge in [-0.05, 0) is 99.3 Å². The van der Waals surface area contributed by atoms with Crippen molar-refractivity contribution < 1.29 is 28.7 Å². The number of methoxy groups -OCH3 is 1. The average Bonchev–Trinajstić information content (AvgIpc) is 3.93. The number of hydrogen-bond donors (Lipinski definition) is 4. The predicted octanol–water partition coefficient (Wildman–Crippen LogP) is 7.15. The number of aromatic nitrogens is 3. The maximum Gasteiger partial charge on any atom is 0.342 e. The number of ketones is 1. The summed E-state index contributed by atoms with van der Waals surface area (Å²) in [6.07, 6.45) is 16.3. The number of aromatic amines is 3. The van der Waals surface area contributed by atoms with Crippen LogP contribution in [0.5, 0.6) is 0 Å². The van der Waals surface area contributed by atoms with E-state index in [0.717, 1.165) is 58.3 Å². The number of nitrogens with one attached hydrogen (secondary N) is 4. The molecule has 5 heterocycles. The van der Waals surface area contributed by atoms with Gasteiger partial charge >= 0.3 is 11.9 Å². The summed E-state index contributed by atoms with van der Waals surface area (Å²) in [4.78, 5) is 64.1. The van der Waals surface area contributed by atoms with Crippen LogP contribution in [0.1, 0.15) is 139 Å². The maximum atomic E-state index is 14.3. The summed E-state index contributed by atoms with van der Waals surface area (Å²) >= 11 is 0. The lowest BCUT2D eigenvalue weighted by Gasteiger charge is -2.23. The first kappa shape index (κ1) is 40.3. The lowest BCUT2D eigenvalue weighted by molar-refractivity contribution is -0.142. The summed E-state index contributed by atoms with van der Waals surface area (Å²) in [6, 6.07) is -0.514. The molecule has 1 fully saturated rings. The van der Waals surface area contributed by atoms with Crippen LogP contribution in [0.2, 0.25) is 0 Å². The summed E-state index contributed by atoms with van der Waals surface area (Å²) in [7, 11) is 1.28. The zero-order valence-electron chi connectivity index (χ0n) is 34.1. The van der Waals surface area contributed by atoms with Crippen molar-refractivity contribution in [2.24, 2.45) is 17.8 Å². The van der Waals surface area contributed by atoms with E-state index < -0.39 is 17.8 Å². The third-order valence-corrected chi connectivity index (χ3v) is 12.3. The van der Waals surface area contributed by atoms with E-state index >= 15 is 0 Å². The molecular formula is C46H56N4O6. The smallest absolute Gasteiger partial charge is 0.342 e. The van der Waals surface area contributed by atoms with E-state index in [0.29, 0.717) is 57.8 Å². The van der Waals surface area contributed by atoms with E-state index in [-0.39, 0.29) is 36.4 Å². The number of carbonyl (C=O) groups excluding carboxylic acids is 4. The Bertz CT molecular complexity index is 2310. The van der Waals surface area contributed by atoms with E-state index in [4.69, 9.17) is 9.47 Å². The highest BCUT2D eigenvalue weighted by atomic mass is 16.5. The molecule has 3 aromatic heterocycles. The Morgan fingerprint density at radius 3 is 2.39 bits per heavy atom. The highest BCUT2D eigenvalue weighted by Crippen LogP contribution is 2.46. The molecule has 1 saturated heterocycles. The zero-order chi connectivity index (χ0) is 40.4. The van der Waals surface area contributed by atoms with Crippen LogP contribution in [0.3, 0.4) is 0 Å². The minimum absolute atomic E-state index is 0.0153. The number of ether oxygens (including phenoxy) is 2. The van der Waals surface area contributed by atoms with Crippen LogP contribution >= 0.6 is 0 Å². The van der Waals surface area contributed by atoms with Gasteiger partial charge < -0.3 is 29.7 Å². The fourth-order valence-corrected chi connectivity index (χ4v) is 8.68. The van der Waals surface area contributed by atoms with Crippen molar-refractivity contribution >= 4 is 53.9 Å². The number of aldehydes is 1. The molecule has 2 aliphatic heterocycles. The van der Waals surface area contributed by atoms with Crippen LogP contribution in [-0.2, 0) is 25.5 Å². The minimum atomic E-state index is -0.709. The SMILES string of the molecule is C=Cc1c2[nH]c(c1C)/C=C1\NC(C3=C(C(=O)OC)C(=O)c4c3[nH]c(c4C)/C=c3\[nH]/c(c(C=O)c3CC)=C\2)[C@@H](CCC(=O)OC/C=C(\C)CCC[C@H](C)CC)[C@@H]1C. The molecule has 3 aliphatic rings. The van der Waals surface area contributed by atoms with Crippen molar-refractivity contribution in [3.63, 3.8) is 0 Å². The molecule has 10 heteroatoms. The molecule has 1 aliphatic carbocycles. The van der Waals surface area contributed by atoms with Crippen molar-refractivity contribution in [3.05, 3.63) is 96.4 Å². The molecule has 6 rings (SSSR count). The van der Waals surface area contributed by atoms with Crippen molar-refractivity contribution in [3.8, 4) is 0 Å². The van der Waals surface area contributed by atoms with Crippen LogP contribution in [0.4, 0.5) is 0 Å². The highest BCUT2D eigenvalue weighted by Gasteiger charge is 2.47. The van der Waals surface area contributed by atoms with Gasteiger partial charge in [0.2, 0.25) is 5.78 Å². The van der Waals surface area contributed by atoms with Gasteiger partial charge in [0.15, 0.2) is 6.29 Å². The summed E-state index contributed by atoms with van der Waals surface area (Å²) in [5, 5.41) is 5.11.